The lowest BCUT2D eigenvalue weighted by Gasteiger charge is -2.48. The van der Waals surface area contributed by atoms with Gasteiger partial charge in [-0.25, -0.2) is 19.1 Å². The van der Waals surface area contributed by atoms with Gasteiger partial charge in [-0.2, -0.15) is 28.6 Å². The van der Waals surface area contributed by atoms with Crippen molar-refractivity contribution < 1.29 is 22.8 Å². The standard InChI is InChI=1S/C30H25F3N10O2/c31-30(32,33)17-36-27(44)39-24-8-4-5-20(11-24)25-15-35-26-12-21(13-38-43(25)26)22-14-37-42(16-22)29(9-10-34)18-41(19-29)28(45)40-23-6-2-1-3-7-23/h1-8,11-16H,9,17-19H2,(H,40,45)(H2,36,39,44). The third kappa shape index (κ3) is 6.25. The van der Waals surface area contributed by atoms with E-state index in [1.54, 1.807) is 74.4 Å². The molecule has 1 fully saturated rings. The van der Waals surface area contributed by atoms with Gasteiger partial charge < -0.3 is 20.9 Å². The number of rotatable bonds is 7. The maximum atomic E-state index is 12.7. The summed E-state index contributed by atoms with van der Waals surface area (Å²) < 4.78 is 40.5. The topological polar surface area (TPSA) is 145 Å². The highest BCUT2D eigenvalue weighted by molar-refractivity contribution is 5.90. The first-order valence-electron chi connectivity index (χ1n) is 13.7. The molecule has 1 aliphatic heterocycles. The monoisotopic (exact) mass is 614 g/mol. The van der Waals surface area contributed by atoms with E-state index in [9.17, 15) is 28.0 Å². The quantitative estimate of drug-likeness (QED) is 0.233. The molecule has 0 bridgehead atoms. The van der Waals surface area contributed by atoms with E-state index >= 15 is 0 Å². The van der Waals surface area contributed by atoms with E-state index in [4.69, 9.17) is 0 Å². The number of hydrogen-bond acceptors (Lipinski definition) is 6. The van der Waals surface area contributed by atoms with Crippen LogP contribution in [0.5, 0.6) is 0 Å². The lowest BCUT2D eigenvalue weighted by Crippen LogP contribution is -2.65. The number of hydrogen-bond donors (Lipinski definition) is 3. The smallest absolute Gasteiger partial charge is 0.329 e. The van der Waals surface area contributed by atoms with E-state index in [1.165, 1.54) is 0 Å². The molecule has 1 saturated heterocycles. The third-order valence-electron chi connectivity index (χ3n) is 7.32. The number of halogens is 3. The van der Waals surface area contributed by atoms with Crippen molar-refractivity contribution in [3.63, 3.8) is 0 Å². The van der Waals surface area contributed by atoms with Crippen LogP contribution in [0.3, 0.4) is 0 Å². The number of amides is 4. The van der Waals surface area contributed by atoms with Crippen molar-refractivity contribution in [1.29, 1.82) is 5.26 Å². The van der Waals surface area contributed by atoms with E-state index in [1.807, 2.05) is 30.5 Å². The largest absolute Gasteiger partial charge is 0.405 e. The van der Waals surface area contributed by atoms with Crippen molar-refractivity contribution in [3.8, 4) is 28.5 Å². The second-order valence-electron chi connectivity index (χ2n) is 10.5. The number of imidazole rings is 1. The molecular weight excluding hydrogens is 589 g/mol. The molecule has 4 heterocycles. The molecule has 15 heteroatoms. The molecule has 45 heavy (non-hydrogen) atoms. The number of nitriles is 1. The molecule has 1 aliphatic rings. The summed E-state index contributed by atoms with van der Waals surface area (Å²) in [5.74, 6) is 0. The Morgan fingerprint density at radius 1 is 0.911 bits per heavy atom. The number of nitrogens with one attached hydrogen (secondary N) is 3. The van der Waals surface area contributed by atoms with E-state index in [-0.39, 0.29) is 12.5 Å². The summed E-state index contributed by atoms with van der Waals surface area (Å²) in [7, 11) is 0. The zero-order valence-electron chi connectivity index (χ0n) is 23.5. The number of para-hydroxylation sites is 1. The van der Waals surface area contributed by atoms with Crippen molar-refractivity contribution in [1.82, 2.24) is 34.6 Å². The molecule has 0 saturated carbocycles. The van der Waals surface area contributed by atoms with Crippen molar-refractivity contribution >= 4 is 29.1 Å². The second-order valence-corrected chi connectivity index (χ2v) is 10.5. The third-order valence-corrected chi connectivity index (χ3v) is 7.32. The van der Waals surface area contributed by atoms with Crippen LogP contribution < -0.4 is 16.0 Å². The highest BCUT2D eigenvalue weighted by Crippen LogP contribution is 2.34. The number of fused-ring (bicyclic) bond motifs is 1. The van der Waals surface area contributed by atoms with Crippen LogP contribution in [0.25, 0.3) is 28.0 Å². The zero-order chi connectivity index (χ0) is 31.6. The number of carbonyl (C=O) groups excluding carboxylic acids is 2. The maximum Gasteiger partial charge on any atom is 0.405 e. The summed E-state index contributed by atoms with van der Waals surface area (Å²) >= 11 is 0. The number of urea groups is 2. The minimum atomic E-state index is -4.52. The first kappa shape index (κ1) is 29.2. The van der Waals surface area contributed by atoms with Crippen molar-refractivity contribution in [2.75, 3.05) is 30.3 Å². The van der Waals surface area contributed by atoms with Gasteiger partial charge in [-0.15, -0.1) is 0 Å². The summed E-state index contributed by atoms with van der Waals surface area (Å²) in [6.45, 7) is -0.807. The lowest BCUT2D eigenvalue weighted by atomic mass is 9.87. The summed E-state index contributed by atoms with van der Waals surface area (Å²) in [5.41, 5.74) is 3.55. The first-order chi connectivity index (χ1) is 21.6. The number of likely N-dealkylation sites (tertiary alicyclic amines) is 1. The van der Waals surface area contributed by atoms with E-state index in [2.05, 4.69) is 31.9 Å². The van der Waals surface area contributed by atoms with Crippen LogP contribution in [0.4, 0.5) is 34.1 Å². The maximum absolute atomic E-state index is 12.7. The van der Waals surface area contributed by atoms with E-state index < -0.39 is 24.3 Å². The Hall–Kier alpha value is -5.91. The predicted octanol–water partition coefficient (Wildman–Crippen LogP) is 5.10. The Labute approximate surface area is 254 Å². The van der Waals surface area contributed by atoms with Gasteiger partial charge in [0.05, 0.1) is 49.9 Å². The van der Waals surface area contributed by atoms with Gasteiger partial charge >= 0.3 is 18.2 Å². The van der Waals surface area contributed by atoms with Crippen LogP contribution in [0.2, 0.25) is 0 Å². The van der Waals surface area contributed by atoms with Crippen LogP contribution in [0.1, 0.15) is 6.42 Å². The number of nitrogens with zero attached hydrogens (tertiary/aromatic N) is 7. The Balaban J connectivity index is 1.16. The van der Waals surface area contributed by atoms with Crippen LogP contribution in [0, 0.1) is 11.3 Å². The van der Waals surface area contributed by atoms with Gasteiger partial charge in [-0.1, -0.05) is 30.3 Å². The average molecular weight is 615 g/mol. The Morgan fingerprint density at radius 2 is 1.67 bits per heavy atom. The summed E-state index contributed by atoms with van der Waals surface area (Å²) in [6.07, 6.45) is 2.38. The molecule has 4 amide bonds. The first-order valence-corrected chi connectivity index (χ1v) is 13.7. The normalized spacial score (nSPS) is 14.0. The van der Waals surface area contributed by atoms with Gasteiger partial charge in [0.15, 0.2) is 5.65 Å². The molecule has 0 spiro atoms. The van der Waals surface area contributed by atoms with Crippen molar-refractivity contribution in [2.24, 2.45) is 0 Å². The van der Waals surface area contributed by atoms with Gasteiger partial charge in [0.1, 0.15) is 12.1 Å². The summed E-state index contributed by atoms with van der Waals surface area (Å²) in [5, 5.41) is 25.6. The number of alkyl halides is 3. The molecule has 0 radical (unpaired) electrons. The van der Waals surface area contributed by atoms with Crippen molar-refractivity contribution in [2.45, 2.75) is 18.1 Å². The number of aromatic nitrogens is 5. The average Bonchev–Trinajstić information content (AvgIpc) is 3.66. The molecule has 228 valence electrons. The number of carbonyl (C=O) groups is 2. The molecule has 3 aromatic heterocycles. The van der Waals surface area contributed by atoms with Gasteiger partial charge in [0.25, 0.3) is 0 Å². The Bertz CT molecular complexity index is 1910. The molecule has 2 aromatic carbocycles. The van der Waals surface area contributed by atoms with Crippen LogP contribution in [-0.2, 0) is 5.54 Å². The molecule has 0 atom stereocenters. The zero-order valence-corrected chi connectivity index (χ0v) is 23.5. The minimum absolute atomic E-state index is 0.169. The fourth-order valence-corrected chi connectivity index (χ4v) is 5.09. The minimum Gasteiger partial charge on any atom is -0.329 e. The van der Waals surface area contributed by atoms with Crippen molar-refractivity contribution in [3.05, 3.63) is 85.5 Å². The van der Waals surface area contributed by atoms with Crippen LogP contribution >= 0.6 is 0 Å². The summed E-state index contributed by atoms with van der Waals surface area (Å²) in [4.78, 5) is 30.7. The van der Waals surface area contributed by atoms with E-state index in [0.717, 1.165) is 11.1 Å². The molecule has 6 rings (SSSR count). The van der Waals surface area contributed by atoms with Gasteiger partial charge in [0, 0.05) is 34.3 Å². The molecule has 3 N–H and O–H groups in total. The predicted molar refractivity (Wildman–Crippen MR) is 158 cm³/mol. The molecule has 0 unspecified atom stereocenters. The Morgan fingerprint density at radius 3 is 2.42 bits per heavy atom. The molecular formula is C30H25F3N10O2. The van der Waals surface area contributed by atoms with Gasteiger partial charge in [-0.05, 0) is 30.3 Å². The highest BCUT2D eigenvalue weighted by Gasteiger charge is 2.47. The molecule has 12 nitrogen and oxygen atoms in total. The molecule has 0 aliphatic carbocycles. The SMILES string of the molecule is N#CCC1(n2cc(-c3cnn4c(-c5cccc(NC(=O)NCC(F)(F)F)c5)cnc4c3)cn2)CN(C(=O)Nc2ccccc2)C1. The lowest BCUT2D eigenvalue weighted by molar-refractivity contribution is -0.122. The fourth-order valence-electron chi connectivity index (χ4n) is 5.09. The van der Waals surface area contributed by atoms with Crippen LogP contribution in [0.15, 0.2) is 85.5 Å². The fraction of sp³-hybridized carbons (Fsp3) is 0.200. The second kappa shape index (κ2) is 11.6. The highest BCUT2D eigenvalue weighted by atomic mass is 19.4. The van der Waals surface area contributed by atoms with Gasteiger partial charge in [-0.3, -0.25) is 4.68 Å². The van der Waals surface area contributed by atoms with Gasteiger partial charge in [0.2, 0.25) is 0 Å². The van der Waals surface area contributed by atoms with Crippen LogP contribution in [-0.4, -0.2) is 67.2 Å². The number of anilines is 2. The number of benzene rings is 2. The Kier molecular flexibility index (Phi) is 7.55. The molecule has 5 aromatic rings. The summed E-state index contributed by atoms with van der Waals surface area (Å²) in [6, 6.07) is 18.5. The van der Waals surface area contributed by atoms with E-state index in [0.29, 0.717) is 41.4 Å².